The maximum Gasteiger partial charge on any atom is 0.235 e. The number of nitrogens with one attached hydrogen (secondary N) is 1. The maximum absolute atomic E-state index is 12.5. The highest BCUT2D eigenvalue weighted by Gasteiger charge is 2.29. The molecule has 0 fully saturated rings. The lowest BCUT2D eigenvalue weighted by Crippen LogP contribution is -2.22. The van der Waals surface area contributed by atoms with Gasteiger partial charge in [0.2, 0.25) is 5.91 Å². The van der Waals surface area contributed by atoms with E-state index < -0.39 is 0 Å². The molecule has 0 aliphatic carbocycles. The van der Waals surface area contributed by atoms with Gasteiger partial charge in [-0.3, -0.25) is 4.79 Å². The maximum atomic E-state index is 12.5. The lowest BCUT2D eigenvalue weighted by molar-refractivity contribution is -0.117. The highest BCUT2D eigenvalue weighted by atomic mass is 16.5. The highest BCUT2D eigenvalue weighted by Crippen LogP contribution is 2.34. The summed E-state index contributed by atoms with van der Waals surface area (Å²) in [4.78, 5) is 16.8. The zero-order valence-corrected chi connectivity index (χ0v) is 14.4. The summed E-state index contributed by atoms with van der Waals surface area (Å²) in [5.41, 5.74) is 1.66. The molecule has 1 atom stereocenters. The normalized spacial score (nSPS) is 15.2. The van der Waals surface area contributed by atoms with Crippen molar-refractivity contribution in [2.75, 3.05) is 11.9 Å². The molecule has 0 bridgehead atoms. The third kappa shape index (κ3) is 3.26. The number of imidazole rings is 1. The Morgan fingerprint density at radius 3 is 2.85 bits per heavy atom. The van der Waals surface area contributed by atoms with Gasteiger partial charge in [-0.05, 0) is 30.3 Å². The summed E-state index contributed by atoms with van der Waals surface area (Å²) in [5.74, 6) is 2.00. The Kier molecular flexibility index (Phi) is 4.31. The minimum absolute atomic E-state index is 0.0726. The molecule has 6 heteroatoms. The number of hydrogen-bond acceptors (Lipinski definition) is 4. The number of rotatable bonds is 5. The third-order valence-corrected chi connectivity index (χ3v) is 4.43. The minimum Gasteiger partial charge on any atom is -0.492 e. The molecule has 2 heterocycles. The van der Waals surface area contributed by atoms with E-state index in [2.05, 4.69) is 10.3 Å². The fourth-order valence-corrected chi connectivity index (χ4v) is 2.93. The number of aryl methyl sites for hydroxylation is 1. The minimum atomic E-state index is -0.287. The van der Waals surface area contributed by atoms with E-state index in [4.69, 9.17) is 9.47 Å². The second-order valence-corrected chi connectivity index (χ2v) is 6.16. The fourth-order valence-electron chi connectivity index (χ4n) is 2.93. The largest absolute Gasteiger partial charge is 0.492 e. The average molecular weight is 349 g/mol. The number of para-hydroxylation sites is 1. The van der Waals surface area contributed by atoms with Crippen LogP contribution in [0.3, 0.4) is 0 Å². The number of nitrogens with zero attached hydrogens (tertiary/aromatic N) is 2. The predicted octanol–water partition coefficient (Wildman–Crippen LogP) is 3.11. The van der Waals surface area contributed by atoms with Crippen LogP contribution in [-0.4, -0.2) is 22.1 Å². The van der Waals surface area contributed by atoms with Gasteiger partial charge in [-0.15, -0.1) is 0 Å². The second kappa shape index (κ2) is 6.92. The number of amides is 1. The Bertz CT molecular complexity index is 918. The first-order valence-electron chi connectivity index (χ1n) is 8.42. The van der Waals surface area contributed by atoms with Gasteiger partial charge in [-0.1, -0.05) is 18.2 Å². The molecule has 0 saturated carbocycles. The molecule has 1 aliphatic heterocycles. The number of carbonyl (C=O) groups is 1. The number of ether oxygens (including phenoxy) is 2. The van der Waals surface area contributed by atoms with E-state index >= 15 is 0 Å². The Labute approximate surface area is 151 Å². The van der Waals surface area contributed by atoms with Crippen LogP contribution in [0.15, 0.2) is 60.9 Å². The van der Waals surface area contributed by atoms with Gasteiger partial charge in [0.25, 0.3) is 0 Å². The molecule has 1 aliphatic rings. The number of carbonyl (C=O) groups excluding carboxylic acids is 1. The topological polar surface area (TPSA) is 65.4 Å². The Balaban J connectivity index is 1.37. The van der Waals surface area contributed by atoms with Crippen LogP contribution in [0.1, 0.15) is 17.3 Å². The van der Waals surface area contributed by atoms with E-state index in [1.165, 1.54) is 0 Å². The van der Waals surface area contributed by atoms with Crippen LogP contribution in [-0.2, 0) is 18.4 Å². The molecule has 1 aromatic heterocycles. The molecule has 1 amide bonds. The molecule has 26 heavy (non-hydrogen) atoms. The first-order chi connectivity index (χ1) is 12.7. The summed E-state index contributed by atoms with van der Waals surface area (Å²) in [6, 6.07) is 15.0. The van der Waals surface area contributed by atoms with Crippen molar-refractivity contribution in [3.63, 3.8) is 0 Å². The summed E-state index contributed by atoms with van der Waals surface area (Å²) in [5, 5.41) is 2.94. The molecule has 4 rings (SSSR count). The van der Waals surface area contributed by atoms with Crippen molar-refractivity contribution < 1.29 is 14.3 Å². The van der Waals surface area contributed by atoms with E-state index in [0.717, 1.165) is 28.6 Å². The fraction of sp³-hybridized carbons (Fsp3) is 0.200. The van der Waals surface area contributed by atoms with Crippen LogP contribution in [0.2, 0.25) is 0 Å². The molecule has 6 nitrogen and oxygen atoms in total. The standard InChI is InChI=1S/C20H19N3O3/c1-23-11-10-21-19(23)13-25-15-8-6-14(7-9-15)22-20(24)17-12-26-18-5-3-2-4-16(17)18/h2-11,17H,12-13H2,1H3,(H,22,24). The van der Waals surface area contributed by atoms with E-state index in [9.17, 15) is 4.79 Å². The van der Waals surface area contributed by atoms with Gasteiger partial charge in [0, 0.05) is 30.7 Å². The molecule has 132 valence electrons. The Morgan fingerprint density at radius 2 is 2.08 bits per heavy atom. The monoisotopic (exact) mass is 349 g/mol. The number of anilines is 1. The van der Waals surface area contributed by atoms with E-state index in [1.54, 1.807) is 6.20 Å². The van der Waals surface area contributed by atoms with Gasteiger partial charge >= 0.3 is 0 Å². The average Bonchev–Trinajstić information content (AvgIpc) is 3.27. The zero-order valence-electron chi connectivity index (χ0n) is 14.4. The number of fused-ring (bicyclic) bond motifs is 1. The molecule has 0 spiro atoms. The summed E-state index contributed by atoms with van der Waals surface area (Å²) >= 11 is 0. The van der Waals surface area contributed by atoms with Crippen molar-refractivity contribution in [3.8, 4) is 11.5 Å². The molecule has 2 aromatic carbocycles. The first-order valence-corrected chi connectivity index (χ1v) is 8.42. The molecule has 1 N–H and O–H groups in total. The zero-order chi connectivity index (χ0) is 17.9. The Morgan fingerprint density at radius 1 is 1.27 bits per heavy atom. The molecule has 0 radical (unpaired) electrons. The van der Waals surface area contributed by atoms with Crippen molar-refractivity contribution in [2.45, 2.75) is 12.5 Å². The summed E-state index contributed by atoms with van der Waals surface area (Å²) in [6.07, 6.45) is 3.62. The van der Waals surface area contributed by atoms with Gasteiger partial charge in [0.15, 0.2) is 0 Å². The smallest absolute Gasteiger partial charge is 0.235 e. The van der Waals surface area contributed by atoms with Crippen molar-refractivity contribution >= 4 is 11.6 Å². The van der Waals surface area contributed by atoms with Gasteiger partial charge in [0.05, 0.1) is 0 Å². The van der Waals surface area contributed by atoms with Gasteiger partial charge < -0.3 is 19.4 Å². The van der Waals surface area contributed by atoms with Crippen LogP contribution in [0, 0.1) is 0 Å². The molecule has 3 aromatic rings. The number of hydrogen-bond donors (Lipinski definition) is 1. The Hall–Kier alpha value is -3.28. The molecular weight excluding hydrogens is 330 g/mol. The SMILES string of the molecule is Cn1ccnc1COc1ccc(NC(=O)C2COc3ccccc32)cc1. The van der Waals surface area contributed by atoms with E-state index in [1.807, 2.05) is 66.3 Å². The number of aromatic nitrogens is 2. The van der Waals surface area contributed by atoms with Crippen molar-refractivity contribution in [1.82, 2.24) is 9.55 Å². The third-order valence-electron chi connectivity index (χ3n) is 4.43. The first kappa shape index (κ1) is 16.2. The van der Waals surface area contributed by atoms with Crippen LogP contribution in [0.4, 0.5) is 5.69 Å². The summed E-state index contributed by atoms with van der Waals surface area (Å²) < 4.78 is 13.2. The lowest BCUT2D eigenvalue weighted by Gasteiger charge is -2.11. The van der Waals surface area contributed by atoms with Crippen LogP contribution >= 0.6 is 0 Å². The van der Waals surface area contributed by atoms with Gasteiger partial charge in [-0.25, -0.2) is 4.98 Å². The second-order valence-electron chi connectivity index (χ2n) is 6.16. The van der Waals surface area contributed by atoms with Crippen molar-refractivity contribution in [2.24, 2.45) is 7.05 Å². The highest BCUT2D eigenvalue weighted by molar-refractivity contribution is 5.96. The van der Waals surface area contributed by atoms with Crippen molar-refractivity contribution in [1.29, 1.82) is 0 Å². The van der Waals surface area contributed by atoms with Crippen LogP contribution in [0.5, 0.6) is 11.5 Å². The molecule has 0 saturated heterocycles. The van der Waals surface area contributed by atoms with Crippen LogP contribution < -0.4 is 14.8 Å². The van der Waals surface area contributed by atoms with Gasteiger partial charge in [-0.2, -0.15) is 0 Å². The predicted molar refractivity (Wildman–Crippen MR) is 97.3 cm³/mol. The van der Waals surface area contributed by atoms with E-state index in [0.29, 0.717) is 13.2 Å². The molecule has 1 unspecified atom stereocenters. The van der Waals surface area contributed by atoms with Gasteiger partial charge in [0.1, 0.15) is 36.5 Å². The van der Waals surface area contributed by atoms with Crippen LogP contribution in [0.25, 0.3) is 0 Å². The summed E-state index contributed by atoms with van der Waals surface area (Å²) in [7, 11) is 1.93. The summed E-state index contributed by atoms with van der Waals surface area (Å²) in [6.45, 7) is 0.765. The van der Waals surface area contributed by atoms with E-state index in [-0.39, 0.29) is 11.8 Å². The molecular formula is C20H19N3O3. The lowest BCUT2D eigenvalue weighted by atomic mass is 10.0. The quantitative estimate of drug-likeness (QED) is 0.769. The van der Waals surface area contributed by atoms with Crippen molar-refractivity contribution in [3.05, 3.63) is 72.3 Å². The number of benzene rings is 2.